The monoisotopic (exact) mass is 189 g/mol. The largest absolute Gasteiger partial charge is 0.360 e. The van der Waals surface area contributed by atoms with Gasteiger partial charge in [0, 0.05) is 6.20 Å². The molecule has 14 heavy (non-hydrogen) atoms. The predicted octanol–water partition coefficient (Wildman–Crippen LogP) is 1.11. The van der Waals surface area contributed by atoms with Crippen molar-refractivity contribution >= 4 is 11.6 Å². The maximum absolute atomic E-state index is 11.6. The molecule has 3 rings (SSSR count). The number of carbonyl (C=O) groups is 1. The Morgan fingerprint density at radius 1 is 1.50 bits per heavy atom. The van der Waals surface area contributed by atoms with Crippen molar-refractivity contribution in [2.45, 2.75) is 25.3 Å². The van der Waals surface area contributed by atoms with Gasteiger partial charge in [-0.05, 0) is 25.0 Å². The molecule has 72 valence electrons. The molecular formula is C10H11N3O. The lowest BCUT2D eigenvalue weighted by molar-refractivity contribution is -0.129. The van der Waals surface area contributed by atoms with E-state index < -0.39 is 0 Å². The molecule has 1 N–H and O–H groups in total. The summed E-state index contributed by atoms with van der Waals surface area (Å²) in [5.41, 5.74) is 1.83. The van der Waals surface area contributed by atoms with Crippen molar-refractivity contribution in [3.8, 4) is 0 Å². The Kier molecular flexibility index (Phi) is 1.50. The molecule has 1 aliphatic carbocycles. The van der Waals surface area contributed by atoms with Crippen molar-refractivity contribution in [2.75, 3.05) is 0 Å². The third kappa shape index (κ3) is 1.14. The van der Waals surface area contributed by atoms with Crippen LogP contribution in [0.3, 0.4) is 0 Å². The predicted molar refractivity (Wildman–Crippen MR) is 51.8 cm³/mol. The highest BCUT2D eigenvalue weighted by Crippen LogP contribution is 2.30. The number of hydrogen-bond donors (Lipinski definition) is 1. The second-order valence-corrected chi connectivity index (χ2v) is 3.78. The number of rotatable bonds is 2. The molecule has 1 aliphatic heterocycles. The number of amides is 1. The molecule has 0 bridgehead atoms. The van der Waals surface area contributed by atoms with E-state index in [9.17, 15) is 4.79 Å². The van der Waals surface area contributed by atoms with Crippen molar-refractivity contribution in [2.24, 2.45) is 5.10 Å². The number of aromatic amines is 1. The van der Waals surface area contributed by atoms with Crippen LogP contribution in [0.5, 0.6) is 0 Å². The summed E-state index contributed by atoms with van der Waals surface area (Å²) in [6.45, 7) is 0. The molecule has 0 atom stereocenters. The molecule has 0 saturated heterocycles. The van der Waals surface area contributed by atoms with Crippen LogP contribution in [0, 0.1) is 0 Å². The summed E-state index contributed by atoms with van der Waals surface area (Å²) in [6, 6.07) is 4.25. The zero-order valence-electron chi connectivity index (χ0n) is 7.73. The fraction of sp³-hybridized carbons (Fsp3) is 0.400. The van der Waals surface area contributed by atoms with Crippen LogP contribution in [0.1, 0.15) is 25.0 Å². The van der Waals surface area contributed by atoms with E-state index in [1.165, 1.54) is 0 Å². The van der Waals surface area contributed by atoms with Gasteiger partial charge in [-0.3, -0.25) is 4.79 Å². The molecule has 4 nitrogen and oxygen atoms in total. The van der Waals surface area contributed by atoms with Crippen molar-refractivity contribution in [1.82, 2.24) is 9.99 Å². The Morgan fingerprint density at radius 3 is 3.00 bits per heavy atom. The second-order valence-electron chi connectivity index (χ2n) is 3.78. The highest BCUT2D eigenvalue weighted by molar-refractivity contribution is 6.12. The topological polar surface area (TPSA) is 48.5 Å². The molecule has 1 aromatic rings. The van der Waals surface area contributed by atoms with Crippen LogP contribution >= 0.6 is 0 Å². The van der Waals surface area contributed by atoms with E-state index >= 15 is 0 Å². The number of nitrogens with zero attached hydrogens (tertiary/aromatic N) is 2. The Balaban J connectivity index is 1.88. The van der Waals surface area contributed by atoms with Gasteiger partial charge in [-0.25, -0.2) is 5.01 Å². The number of nitrogens with one attached hydrogen (secondary N) is 1. The van der Waals surface area contributed by atoms with Gasteiger partial charge in [-0.2, -0.15) is 5.10 Å². The van der Waals surface area contributed by atoms with E-state index in [0.29, 0.717) is 12.5 Å². The normalized spacial score (nSPS) is 21.6. The molecule has 2 heterocycles. The van der Waals surface area contributed by atoms with Crippen molar-refractivity contribution in [3.05, 3.63) is 24.0 Å². The quantitative estimate of drug-likeness (QED) is 0.744. The molecule has 1 saturated carbocycles. The highest BCUT2D eigenvalue weighted by atomic mass is 16.2. The first kappa shape index (κ1) is 7.79. The van der Waals surface area contributed by atoms with Crippen LogP contribution in [0.2, 0.25) is 0 Å². The Hall–Kier alpha value is -1.58. The Morgan fingerprint density at radius 2 is 2.36 bits per heavy atom. The third-order valence-electron chi connectivity index (χ3n) is 2.60. The van der Waals surface area contributed by atoms with E-state index in [0.717, 1.165) is 24.2 Å². The SMILES string of the molecule is O=C1CC(c2ccc[nH]2)=NN1C1CC1. The fourth-order valence-corrected chi connectivity index (χ4v) is 1.71. The maximum atomic E-state index is 11.6. The van der Waals surface area contributed by atoms with E-state index in [4.69, 9.17) is 0 Å². The summed E-state index contributed by atoms with van der Waals surface area (Å²) in [4.78, 5) is 14.6. The van der Waals surface area contributed by atoms with Gasteiger partial charge in [0.2, 0.25) is 5.91 Å². The molecule has 2 aliphatic rings. The minimum Gasteiger partial charge on any atom is -0.360 e. The number of hydrogen-bond acceptors (Lipinski definition) is 2. The summed E-state index contributed by atoms with van der Waals surface area (Å²) in [5.74, 6) is 0.136. The maximum Gasteiger partial charge on any atom is 0.249 e. The lowest BCUT2D eigenvalue weighted by Gasteiger charge is -2.07. The summed E-state index contributed by atoms with van der Waals surface area (Å²) in [6.07, 6.45) is 4.50. The first-order chi connectivity index (χ1) is 6.84. The lowest BCUT2D eigenvalue weighted by atomic mass is 10.2. The van der Waals surface area contributed by atoms with E-state index in [1.54, 1.807) is 5.01 Å². The molecule has 0 aromatic carbocycles. The fourth-order valence-electron chi connectivity index (χ4n) is 1.71. The van der Waals surface area contributed by atoms with Gasteiger partial charge >= 0.3 is 0 Å². The Bertz CT molecular complexity index is 390. The number of hydrazone groups is 1. The van der Waals surface area contributed by atoms with Gasteiger partial charge in [-0.1, -0.05) is 0 Å². The van der Waals surface area contributed by atoms with Crippen LogP contribution in [0.4, 0.5) is 0 Å². The smallest absolute Gasteiger partial charge is 0.249 e. The van der Waals surface area contributed by atoms with Crippen LogP contribution in [-0.2, 0) is 4.79 Å². The summed E-state index contributed by atoms with van der Waals surface area (Å²) < 4.78 is 0. The highest BCUT2D eigenvalue weighted by Gasteiger charge is 2.37. The molecule has 1 aromatic heterocycles. The molecule has 1 fully saturated rings. The molecule has 0 radical (unpaired) electrons. The van der Waals surface area contributed by atoms with Gasteiger partial charge in [0.15, 0.2) is 0 Å². The number of H-pyrrole nitrogens is 1. The zero-order valence-corrected chi connectivity index (χ0v) is 7.73. The van der Waals surface area contributed by atoms with E-state index in [1.807, 2.05) is 18.3 Å². The van der Waals surface area contributed by atoms with Crippen LogP contribution in [0.25, 0.3) is 0 Å². The van der Waals surface area contributed by atoms with Crippen molar-refractivity contribution in [3.63, 3.8) is 0 Å². The van der Waals surface area contributed by atoms with Gasteiger partial charge in [-0.15, -0.1) is 0 Å². The number of aromatic nitrogens is 1. The standard InChI is InChI=1S/C10H11N3O/c14-10-6-9(8-2-1-5-11-8)12-13(10)7-3-4-7/h1-2,5,7,11H,3-4,6H2. The van der Waals surface area contributed by atoms with E-state index in [2.05, 4.69) is 10.1 Å². The first-order valence-electron chi connectivity index (χ1n) is 4.88. The average Bonchev–Trinajstić information content (AvgIpc) is 2.75. The van der Waals surface area contributed by atoms with Gasteiger partial charge in [0.25, 0.3) is 0 Å². The first-order valence-corrected chi connectivity index (χ1v) is 4.88. The zero-order chi connectivity index (χ0) is 9.54. The third-order valence-corrected chi connectivity index (χ3v) is 2.60. The molecular weight excluding hydrogens is 178 g/mol. The second kappa shape index (κ2) is 2.70. The average molecular weight is 189 g/mol. The van der Waals surface area contributed by atoms with Crippen LogP contribution in [0.15, 0.2) is 23.4 Å². The van der Waals surface area contributed by atoms with Crippen LogP contribution < -0.4 is 0 Å². The van der Waals surface area contributed by atoms with Gasteiger partial charge in [0.05, 0.1) is 23.9 Å². The molecule has 4 heteroatoms. The van der Waals surface area contributed by atoms with Crippen LogP contribution in [-0.4, -0.2) is 27.7 Å². The van der Waals surface area contributed by atoms with Crippen molar-refractivity contribution < 1.29 is 4.79 Å². The Labute approximate surface area is 81.6 Å². The lowest BCUT2D eigenvalue weighted by Crippen LogP contribution is -2.22. The molecule has 0 spiro atoms. The molecule has 1 amide bonds. The van der Waals surface area contributed by atoms with Gasteiger partial charge in [0.1, 0.15) is 0 Å². The van der Waals surface area contributed by atoms with E-state index in [-0.39, 0.29) is 5.91 Å². The summed E-state index contributed by atoms with van der Waals surface area (Å²) in [7, 11) is 0. The number of carbonyl (C=O) groups excluding carboxylic acids is 1. The minimum atomic E-state index is 0.136. The van der Waals surface area contributed by atoms with Gasteiger partial charge < -0.3 is 4.98 Å². The van der Waals surface area contributed by atoms with Crippen molar-refractivity contribution in [1.29, 1.82) is 0 Å². The summed E-state index contributed by atoms with van der Waals surface area (Å²) >= 11 is 0. The minimum absolute atomic E-state index is 0.136. The molecule has 0 unspecified atom stereocenters. The summed E-state index contributed by atoms with van der Waals surface area (Å²) in [5, 5.41) is 5.99.